The molecule has 4 rings (SSSR count). The van der Waals surface area contributed by atoms with Crippen molar-refractivity contribution in [2.24, 2.45) is 0 Å². The van der Waals surface area contributed by atoms with Crippen molar-refractivity contribution in [3.05, 3.63) is 65.2 Å². The molecule has 0 spiro atoms. The third kappa shape index (κ3) is 2.88. The van der Waals surface area contributed by atoms with E-state index in [1.165, 1.54) is 15.6 Å². The zero-order valence-electron chi connectivity index (χ0n) is 13.2. The average molecular weight is 394 g/mol. The highest BCUT2D eigenvalue weighted by molar-refractivity contribution is 7.91. The number of benzene rings is 2. The van der Waals surface area contributed by atoms with E-state index in [0.717, 1.165) is 15.6 Å². The van der Waals surface area contributed by atoms with Gasteiger partial charge in [-0.1, -0.05) is 60.1 Å². The molecule has 0 bridgehead atoms. The summed E-state index contributed by atoms with van der Waals surface area (Å²) in [5.41, 5.74) is 0.940. The molecule has 1 aliphatic rings. The molecule has 1 fully saturated rings. The first-order valence-electron chi connectivity index (χ1n) is 7.88. The monoisotopic (exact) mass is 393 g/mol. The van der Waals surface area contributed by atoms with E-state index in [1.807, 2.05) is 54.6 Å². The molecule has 130 valence electrons. The van der Waals surface area contributed by atoms with Crippen LogP contribution >= 0.6 is 22.9 Å². The highest BCUT2D eigenvalue weighted by Gasteiger charge is 2.40. The maximum Gasteiger partial charge on any atom is 0.254 e. The summed E-state index contributed by atoms with van der Waals surface area (Å²) in [6.07, 6.45) is -0.731. The SMILES string of the molecule is O=S(=O)(c1sc2ccccc2c1Cl)N1C[C@@H](O)[C@H](c2ccccc2)C1. The van der Waals surface area contributed by atoms with Crippen LogP contribution in [0.2, 0.25) is 5.02 Å². The van der Waals surface area contributed by atoms with Crippen LogP contribution in [-0.2, 0) is 10.0 Å². The summed E-state index contributed by atoms with van der Waals surface area (Å²) in [4.78, 5) is 0. The van der Waals surface area contributed by atoms with Crippen LogP contribution in [0.4, 0.5) is 0 Å². The van der Waals surface area contributed by atoms with Crippen LogP contribution in [0.3, 0.4) is 0 Å². The Morgan fingerprint density at radius 2 is 1.72 bits per heavy atom. The summed E-state index contributed by atoms with van der Waals surface area (Å²) >= 11 is 7.52. The van der Waals surface area contributed by atoms with E-state index in [9.17, 15) is 13.5 Å². The molecule has 1 aromatic heterocycles. The molecule has 0 saturated carbocycles. The van der Waals surface area contributed by atoms with Crippen molar-refractivity contribution in [1.29, 1.82) is 0 Å². The number of sulfonamides is 1. The van der Waals surface area contributed by atoms with Crippen molar-refractivity contribution < 1.29 is 13.5 Å². The molecule has 25 heavy (non-hydrogen) atoms. The first kappa shape index (κ1) is 17.0. The Kier molecular flexibility index (Phi) is 4.33. The van der Waals surface area contributed by atoms with Gasteiger partial charge in [-0.15, -0.1) is 11.3 Å². The number of rotatable bonds is 3. The minimum Gasteiger partial charge on any atom is -0.391 e. The molecule has 0 radical (unpaired) electrons. The summed E-state index contributed by atoms with van der Waals surface area (Å²) in [5, 5.41) is 11.4. The van der Waals surface area contributed by atoms with Crippen LogP contribution in [0.1, 0.15) is 11.5 Å². The van der Waals surface area contributed by atoms with Gasteiger partial charge < -0.3 is 5.11 Å². The van der Waals surface area contributed by atoms with Gasteiger partial charge in [0.2, 0.25) is 0 Å². The van der Waals surface area contributed by atoms with E-state index in [4.69, 9.17) is 11.6 Å². The summed E-state index contributed by atoms with van der Waals surface area (Å²) in [5.74, 6) is -0.232. The Morgan fingerprint density at radius 1 is 1.04 bits per heavy atom. The van der Waals surface area contributed by atoms with E-state index in [-0.39, 0.29) is 28.2 Å². The third-order valence-electron chi connectivity index (χ3n) is 4.56. The number of halogens is 1. The van der Waals surface area contributed by atoms with Gasteiger partial charge in [0.05, 0.1) is 11.1 Å². The molecular formula is C18H16ClNO3S2. The van der Waals surface area contributed by atoms with Crippen LogP contribution < -0.4 is 0 Å². The van der Waals surface area contributed by atoms with E-state index in [0.29, 0.717) is 0 Å². The van der Waals surface area contributed by atoms with Crippen molar-refractivity contribution in [2.45, 2.75) is 16.2 Å². The summed E-state index contributed by atoms with van der Waals surface area (Å²) in [6.45, 7) is 0.324. The first-order chi connectivity index (χ1) is 12.0. The average Bonchev–Trinajstić information content (AvgIpc) is 3.18. The number of β-amino-alcohol motifs (C(OH)–C–C–N with tert-alkyl or cyclic N) is 1. The smallest absolute Gasteiger partial charge is 0.254 e. The van der Waals surface area contributed by atoms with Gasteiger partial charge in [-0.25, -0.2) is 8.42 Å². The molecule has 1 aliphatic heterocycles. The number of hydrogen-bond donors (Lipinski definition) is 1. The number of aliphatic hydroxyl groups excluding tert-OH is 1. The predicted molar refractivity (Wildman–Crippen MR) is 101 cm³/mol. The molecule has 0 amide bonds. The Balaban J connectivity index is 1.70. The van der Waals surface area contributed by atoms with Crippen LogP contribution in [0.15, 0.2) is 58.8 Å². The predicted octanol–water partition coefficient (Wildman–Crippen LogP) is 3.70. The number of thiophene rings is 1. The molecule has 4 nitrogen and oxygen atoms in total. The van der Waals surface area contributed by atoms with Gasteiger partial charge in [-0.2, -0.15) is 4.31 Å². The Bertz CT molecular complexity index is 1020. The molecule has 7 heteroatoms. The molecule has 3 aromatic rings. The van der Waals surface area contributed by atoms with E-state index in [1.54, 1.807) is 0 Å². The second kappa shape index (κ2) is 6.37. The van der Waals surface area contributed by atoms with Gasteiger partial charge in [0.15, 0.2) is 4.21 Å². The number of fused-ring (bicyclic) bond motifs is 1. The van der Waals surface area contributed by atoms with Crippen molar-refractivity contribution in [3.8, 4) is 0 Å². The molecule has 1 saturated heterocycles. The summed E-state index contributed by atoms with van der Waals surface area (Å²) in [6, 6.07) is 16.9. The van der Waals surface area contributed by atoms with Crippen LogP contribution in [0, 0.1) is 0 Å². The molecule has 0 aliphatic carbocycles. The van der Waals surface area contributed by atoms with Crippen molar-refractivity contribution in [3.63, 3.8) is 0 Å². The number of aliphatic hydroxyl groups is 1. The second-order valence-corrected chi connectivity index (χ2v) is 9.67. The highest BCUT2D eigenvalue weighted by Crippen LogP contribution is 2.41. The maximum atomic E-state index is 13.1. The fourth-order valence-corrected chi connectivity index (χ4v) is 6.99. The third-order valence-corrected chi connectivity index (χ3v) is 8.68. The van der Waals surface area contributed by atoms with Gasteiger partial charge in [0.1, 0.15) is 0 Å². The van der Waals surface area contributed by atoms with E-state index in [2.05, 4.69) is 0 Å². The number of nitrogens with zero attached hydrogens (tertiary/aromatic N) is 1. The van der Waals surface area contributed by atoms with E-state index >= 15 is 0 Å². The highest BCUT2D eigenvalue weighted by atomic mass is 35.5. The van der Waals surface area contributed by atoms with Crippen molar-refractivity contribution in [1.82, 2.24) is 4.31 Å². The zero-order valence-corrected chi connectivity index (χ0v) is 15.6. The Labute approximate surface area is 155 Å². The summed E-state index contributed by atoms with van der Waals surface area (Å²) < 4.78 is 28.5. The normalized spacial score (nSPS) is 21.8. The number of hydrogen-bond acceptors (Lipinski definition) is 4. The van der Waals surface area contributed by atoms with Crippen molar-refractivity contribution >= 4 is 43.0 Å². The van der Waals surface area contributed by atoms with Gasteiger partial charge in [-0.05, 0) is 11.6 Å². The first-order valence-corrected chi connectivity index (χ1v) is 10.5. The van der Waals surface area contributed by atoms with Crippen LogP contribution in [-0.4, -0.2) is 37.0 Å². The molecule has 2 heterocycles. The van der Waals surface area contributed by atoms with Crippen LogP contribution in [0.5, 0.6) is 0 Å². The second-order valence-electron chi connectivity index (χ2n) is 6.11. The zero-order chi connectivity index (χ0) is 17.6. The lowest BCUT2D eigenvalue weighted by molar-refractivity contribution is 0.173. The molecule has 2 aromatic carbocycles. The largest absolute Gasteiger partial charge is 0.391 e. The molecule has 1 N–H and O–H groups in total. The Hall–Kier alpha value is -1.44. The fourth-order valence-electron chi connectivity index (χ4n) is 3.25. The minimum atomic E-state index is -3.75. The van der Waals surface area contributed by atoms with Crippen LogP contribution in [0.25, 0.3) is 10.1 Å². The lowest BCUT2D eigenvalue weighted by Gasteiger charge is -2.15. The molecule has 2 atom stereocenters. The lowest BCUT2D eigenvalue weighted by atomic mass is 9.96. The topological polar surface area (TPSA) is 57.6 Å². The quantitative estimate of drug-likeness (QED) is 0.738. The summed E-state index contributed by atoms with van der Waals surface area (Å²) in [7, 11) is -3.75. The fraction of sp³-hybridized carbons (Fsp3) is 0.222. The molecule has 0 unspecified atom stereocenters. The van der Waals surface area contributed by atoms with Gasteiger partial charge >= 0.3 is 0 Å². The van der Waals surface area contributed by atoms with Crippen molar-refractivity contribution in [2.75, 3.05) is 13.1 Å². The minimum absolute atomic E-state index is 0.0759. The lowest BCUT2D eigenvalue weighted by Crippen LogP contribution is -2.29. The Morgan fingerprint density at radius 3 is 2.44 bits per heavy atom. The van der Waals surface area contributed by atoms with E-state index < -0.39 is 16.1 Å². The van der Waals surface area contributed by atoms with Gasteiger partial charge in [-0.3, -0.25) is 0 Å². The molecular weight excluding hydrogens is 378 g/mol. The standard InChI is InChI=1S/C18H16ClNO3S2/c19-17-13-8-4-5-9-16(13)24-18(17)25(22,23)20-10-14(15(21)11-20)12-6-2-1-3-7-12/h1-9,14-15,21H,10-11H2/t14-,15+/m0/s1. The maximum absolute atomic E-state index is 13.1. The van der Waals surface area contributed by atoms with Gasteiger partial charge in [0, 0.05) is 29.1 Å². The van der Waals surface area contributed by atoms with Gasteiger partial charge in [0.25, 0.3) is 10.0 Å².